The highest BCUT2D eigenvalue weighted by Crippen LogP contribution is 2.20. The van der Waals surface area contributed by atoms with Crippen LogP contribution in [0.1, 0.15) is 6.92 Å². The highest BCUT2D eigenvalue weighted by Gasteiger charge is 2.00. The molecule has 1 aliphatic rings. The molecule has 1 rings (SSSR count). The van der Waals surface area contributed by atoms with E-state index in [1.807, 2.05) is 13.0 Å². The largest absolute Gasteiger partial charge is 0.282 e. The van der Waals surface area contributed by atoms with Gasteiger partial charge in [-0.2, -0.15) is 0 Å². The predicted molar refractivity (Wildman–Crippen MR) is 35.0 cm³/mol. The summed E-state index contributed by atoms with van der Waals surface area (Å²) in [5, 5.41) is 10.7. The van der Waals surface area contributed by atoms with Crippen LogP contribution in [0.2, 0.25) is 0 Å². The van der Waals surface area contributed by atoms with Gasteiger partial charge in [0.2, 0.25) is 5.09 Å². The molecule has 0 atom stereocenters. The molecule has 43 valence electrons. The maximum atomic E-state index is 10.5. The zero-order valence-corrected chi connectivity index (χ0v) is 5.49. The summed E-state index contributed by atoms with van der Waals surface area (Å²) in [4.78, 5) is 0. The van der Waals surface area contributed by atoms with Crippen LogP contribution in [0, 0.1) is 0 Å². The van der Waals surface area contributed by atoms with Crippen molar-refractivity contribution in [2.75, 3.05) is 5.75 Å². The van der Waals surface area contributed by atoms with E-state index in [9.17, 15) is 5.11 Å². The highest BCUT2D eigenvalue weighted by atomic mass is 32.2. The third kappa shape index (κ3) is 1.30. The normalized spacial score (nSPS) is 19.6. The van der Waals surface area contributed by atoms with Crippen molar-refractivity contribution in [2.24, 2.45) is 0 Å². The highest BCUT2D eigenvalue weighted by molar-refractivity contribution is 8.03. The quantitative estimate of drug-likeness (QED) is 0.487. The molecule has 0 spiro atoms. The summed E-state index contributed by atoms with van der Waals surface area (Å²) in [6.07, 6.45) is 3.71. The van der Waals surface area contributed by atoms with Crippen LogP contribution in [0.4, 0.5) is 0 Å². The average Bonchev–Trinajstić information content (AvgIpc) is 1.64. The van der Waals surface area contributed by atoms with Gasteiger partial charge in [0, 0.05) is 5.75 Å². The van der Waals surface area contributed by atoms with E-state index in [-0.39, 0.29) is 5.09 Å². The zero-order valence-electron chi connectivity index (χ0n) is 4.68. The first-order valence-corrected chi connectivity index (χ1v) is 3.46. The molecule has 0 saturated heterocycles. The fourth-order valence-corrected chi connectivity index (χ4v) is 1.32. The van der Waals surface area contributed by atoms with E-state index in [2.05, 4.69) is 0 Å². The fraction of sp³-hybridized carbons (Fsp3) is 0.333. The molecule has 2 heteroatoms. The summed E-state index contributed by atoms with van der Waals surface area (Å²) in [7, 11) is 0. The second kappa shape index (κ2) is 2.27. The van der Waals surface area contributed by atoms with Gasteiger partial charge in [-0.25, -0.2) is 0 Å². The molecule has 1 heterocycles. The fourth-order valence-electron chi connectivity index (χ4n) is 0.542. The van der Waals surface area contributed by atoms with Crippen LogP contribution in [0.25, 0.3) is 0 Å². The van der Waals surface area contributed by atoms with Crippen molar-refractivity contribution in [3.05, 3.63) is 22.8 Å². The Morgan fingerprint density at radius 2 is 2.50 bits per heavy atom. The monoisotopic (exact) mass is 127 g/mol. The molecule has 0 amide bonds. The van der Waals surface area contributed by atoms with Gasteiger partial charge in [0.15, 0.2) is 0 Å². The van der Waals surface area contributed by atoms with E-state index in [0.29, 0.717) is 0 Å². The number of thioether (sulfide) groups is 1. The van der Waals surface area contributed by atoms with Crippen LogP contribution in [0.5, 0.6) is 0 Å². The molecule has 0 aromatic rings. The molecule has 0 fully saturated rings. The van der Waals surface area contributed by atoms with Crippen LogP contribution >= 0.6 is 11.8 Å². The smallest absolute Gasteiger partial charge is 0.212 e. The Balaban J connectivity index is 2.69. The van der Waals surface area contributed by atoms with Crippen LogP contribution in [-0.2, 0) is 5.11 Å². The number of allylic oxidation sites excluding steroid dienone is 2. The molecule has 0 aromatic carbocycles. The van der Waals surface area contributed by atoms with Gasteiger partial charge >= 0.3 is 0 Å². The van der Waals surface area contributed by atoms with Crippen molar-refractivity contribution in [3.63, 3.8) is 0 Å². The van der Waals surface area contributed by atoms with Crippen LogP contribution in [-0.4, -0.2) is 5.75 Å². The Hall–Kier alpha value is -0.370. The minimum atomic E-state index is 0.185. The summed E-state index contributed by atoms with van der Waals surface area (Å²) in [5.41, 5.74) is 1.09. The van der Waals surface area contributed by atoms with Crippen molar-refractivity contribution < 1.29 is 5.11 Å². The van der Waals surface area contributed by atoms with Gasteiger partial charge in [-0.1, -0.05) is 17.8 Å². The Bertz CT molecular complexity index is 147. The first-order chi connectivity index (χ1) is 3.79. The lowest BCUT2D eigenvalue weighted by atomic mass is 10.3. The average molecular weight is 127 g/mol. The maximum Gasteiger partial charge on any atom is 0.212 e. The lowest BCUT2D eigenvalue weighted by molar-refractivity contribution is 0.336. The standard InChI is InChI=1S/C6H7OS/c1-5-2-3-8-6(7)4-5/h2,4H,3H2,1H3. The molecule has 0 saturated carbocycles. The molecule has 0 aromatic heterocycles. The topological polar surface area (TPSA) is 19.9 Å². The first-order valence-electron chi connectivity index (χ1n) is 2.47. The molecule has 0 bridgehead atoms. The molecule has 0 N–H and O–H groups in total. The molecule has 8 heavy (non-hydrogen) atoms. The van der Waals surface area contributed by atoms with E-state index >= 15 is 0 Å². The van der Waals surface area contributed by atoms with Crippen LogP contribution in [0.3, 0.4) is 0 Å². The van der Waals surface area contributed by atoms with E-state index in [1.54, 1.807) is 6.08 Å². The molecular weight excluding hydrogens is 120 g/mol. The van der Waals surface area contributed by atoms with Crippen LogP contribution in [0.15, 0.2) is 22.8 Å². The van der Waals surface area contributed by atoms with E-state index in [1.165, 1.54) is 11.8 Å². The Morgan fingerprint density at radius 3 is 2.88 bits per heavy atom. The van der Waals surface area contributed by atoms with Gasteiger partial charge < -0.3 is 0 Å². The van der Waals surface area contributed by atoms with Gasteiger partial charge in [-0.05, 0) is 18.6 Å². The predicted octanol–water partition coefficient (Wildman–Crippen LogP) is 1.95. The lowest BCUT2D eigenvalue weighted by Crippen LogP contribution is -1.84. The SMILES string of the molecule is CC1=CCSC([O])=C1. The maximum absolute atomic E-state index is 10.5. The van der Waals surface area contributed by atoms with Crippen molar-refractivity contribution in [2.45, 2.75) is 6.92 Å². The second-order valence-electron chi connectivity index (χ2n) is 1.72. The van der Waals surface area contributed by atoms with Crippen molar-refractivity contribution in [1.82, 2.24) is 0 Å². The van der Waals surface area contributed by atoms with E-state index in [0.717, 1.165) is 11.3 Å². The third-order valence-corrected chi connectivity index (χ3v) is 1.71. The summed E-state index contributed by atoms with van der Waals surface area (Å²) < 4.78 is 0. The van der Waals surface area contributed by atoms with Crippen molar-refractivity contribution in [3.8, 4) is 0 Å². The molecule has 1 nitrogen and oxygen atoms in total. The number of rotatable bonds is 0. The number of hydrogen-bond acceptors (Lipinski definition) is 1. The van der Waals surface area contributed by atoms with Gasteiger partial charge in [0.25, 0.3) is 0 Å². The Kier molecular flexibility index (Phi) is 1.63. The van der Waals surface area contributed by atoms with Gasteiger partial charge in [-0.15, -0.1) is 0 Å². The molecule has 1 radical (unpaired) electrons. The van der Waals surface area contributed by atoms with Gasteiger partial charge in [-0.3, -0.25) is 5.11 Å². The van der Waals surface area contributed by atoms with Gasteiger partial charge in [0.1, 0.15) is 0 Å². The molecule has 0 unspecified atom stereocenters. The Morgan fingerprint density at radius 1 is 1.75 bits per heavy atom. The van der Waals surface area contributed by atoms with Gasteiger partial charge in [0.05, 0.1) is 0 Å². The summed E-state index contributed by atoms with van der Waals surface area (Å²) in [5.74, 6) is 0.848. The van der Waals surface area contributed by atoms with E-state index in [4.69, 9.17) is 0 Å². The lowest BCUT2D eigenvalue weighted by Gasteiger charge is -1.99. The first kappa shape index (κ1) is 5.76. The van der Waals surface area contributed by atoms with E-state index < -0.39 is 0 Å². The third-order valence-electron chi connectivity index (χ3n) is 0.976. The summed E-state index contributed by atoms with van der Waals surface area (Å²) in [6.45, 7) is 1.94. The summed E-state index contributed by atoms with van der Waals surface area (Å²) >= 11 is 1.35. The van der Waals surface area contributed by atoms with Crippen LogP contribution < -0.4 is 0 Å². The molecule has 0 aliphatic carbocycles. The summed E-state index contributed by atoms with van der Waals surface area (Å²) in [6, 6.07) is 0. The second-order valence-corrected chi connectivity index (χ2v) is 2.75. The number of hydrogen-bond donors (Lipinski definition) is 0. The van der Waals surface area contributed by atoms with Crippen molar-refractivity contribution >= 4 is 11.8 Å². The molecular formula is C6H7OS. The van der Waals surface area contributed by atoms with Crippen molar-refractivity contribution in [1.29, 1.82) is 0 Å². The minimum Gasteiger partial charge on any atom is -0.282 e. The molecule has 1 aliphatic heterocycles. The Labute approximate surface area is 53.1 Å². The minimum absolute atomic E-state index is 0.185. The zero-order chi connectivity index (χ0) is 5.98.